The number of nitriles is 1. The molecule has 0 radical (unpaired) electrons. The van der Waals surface area contributed by atoms with Crippen molar-refractivity contribution in [3.63, 3.8) is 0 Å². The number of carbonyl (C=O) groups is 1. The Morgan fingerprint density at radius 2 is 1.81 bits per heavy atom. The summed E-state index contributed by atoms with van der Waals surface area (Å²) in [5.74, 6) is 0.848. The number of hydrogen-bond acceptors (Lipinski definition) is 4. The first-order chi connectivity index (χ1) is 15.1. The molecule has 0 aliphatic rings. The Bertz CT molecular complexity index is 1120. The van der Waals surface area contributed by atoms with Crippen molar-refractivity contribution in [3.05, 3.63) is 94.5 Å². The summed E-state index contributed by atoms with van der Waals surface area (Å²) < 4.78 is 11.2. The third-order valence-electron chi connectivity index (χ3n) is 4.25. The number of nitrogens with one attached hydrogen (secondary N) is 1. The maximum atomic E-state index is 12.5. The van der Waals surface area contributed by atoms with Gasteiger partial charge in [0, 0.05) is 10.7 Å². The summed E-state index contributed by atoms with van der Waals surface area (Å²) in [6.07, 6.45) is 1.52. The van der Waals surface area contributed by atoms with Gasteiger partial charge in [-0.05, 0) is 72.7 Å². The summed E-state index contributed by atoms with van der Waals surface area (Å²) in [7, 11) is 0. The van der Waals surface area contributed by atoms with Crippen LogP contribution in [0.1, 0.15) is 18.1 Å². The second-order valence-corrected chi connectivity index (χ2v) is 7.01. The van der Waals surface area contributed by atoms with Crippen LogP contribution in [0, 0.1) is 11.3 Å². The summed E-state index contributed by atoms with van der Waals surface area (Å²) in [5, 5.41) is 12.8. The molecule has 31 heavy (non-hydrogen) atoms. The van der Waals surface area contributed by atoms with E-state index in [1.165, 1.54) is 6.08 Å². The topological polar surface area (TPSA) is 71.3 Å². The van der Waals surface area contributed by atoms with E-state index in [0.717, 1.165) is 5.56 Å². The molecule has 0 unspecified atom stereocenters. The molecule has 6 heteroatoms. The number of benzene rings is 3. The van der Waals surface area contributed by atoms with Gasteiger partial charge in [0.1, 0.15) is 29.7 Å². The summed E-state index contributed by atoms with van der Waals surface area (Å²) in [5.41, 5.74) is 2.19. The van der Waals surface area contributed by atoms with E-state index in [0.29, 0.717) is 41.0 Å². The number of rotatable bonds is 8. The highest BCUT2D eigenvalue weighted by Gasteiger charge is 2.10. The molecule has 0 saturated heterocycles. The minimum Gasteiger partial charge on any atom is -0.494 e. The number of carbonyl (C=O) groups excluding carboxylic acids is 1. The number of nitrogens with zero attached hydrogens (tertiary/aromatic N) is 1. The molecule has 0 aromatic heterocycles. The molecule has 3 aromatic rings. The van der Waals surface area contributed by atoms with E-state index in [-0.39, 0.29) is 5.57 Å². The van der Waals surface area contributed by atoms with E-state index in [4.69, 9.17) is 21.1 Å². The number of anilines is 1. The normalized spacial score (nSPS) is 10.8. The lowest BCUT2D eigenvalue weighted by Gasteiger charge is -2.08. The summed E-state index contributed by atoms with van der Waals surface area (Å²) in [6, 6.07) is 23.5. The molecular formula is C25H21ClN2O3. The van der Waals surface area contributed by atoms with Gasteiger partial charge in [-0.1, -0.05) is 35.9 Å². The van der Waals surface area contributed by atoms with Crippen LogP contribution in [0.25, 0.3) is 6.08 Å². The molecule has 3 rings (SSSR count). The van der Waals surface area contributed by atoms with Crippen LogP contribution in [0.2, 0.25) is 5.02 Å². The smallest absolute Gasteiger partial charge is 0.266 e. The quantitative estimate of drug-likeness (QED) is 0.357. The molecule has 3 aromatic carbocycles. The predicted octanol–water partition coefficient (Wildman–Crippen LogP) is 5.86. The first-order valence-corrected chi connectivity index (χ1v) is 10.1. The molecule has 1 amide bonds. The Morgan fingerprint density at radius 1 is 1.03 bits per heavy atom. The monoisotopic (exact) mass is 432 g/mol. The summed E-state index contributed by atoms with van der Waals surface area (Å²) >= 11 is 6.00. The number of halogens is 1. The van der Waals surface area contributed by atoms with E-state index in [1.807, 2.05) is 37.3 Å². The molecule has 0 fully saturated rings. The standard InChI is InChI=1S/C25H21ClN2O3/c1-2-30-23-11-9-22(10-12-23)28-25(29)20(16-27)13-18-5-4-8-24(15-18)31-17-19-6-3-7-21(26)14-19/h3-15H,2,17H2,1H3,(H,28,29)/b20-13-. The molecule has 0 heterocycles. The Labute approximate surface area is 186 Å². The largest absolute Gasteiger partial charge is 0.494 e. The third kappa shape index (κ3) is 6.63. The van der Waals surface area contributed by atoms with Crippen molar-refractivity contribution in [3.8, 4) is 17.6 Å². The van der Waals surface area contributed by atoms with Gasteiger partial charge >= 0.3 is 0 Å². The minimum atomic E-state index is -0.489. The van der Waals surface area contributed by atoms with Crippen LogP contribution in [0.5, 0.6) is 11.5 Å². The molecule has 0 saturated carbocycles. The molecule has 0 aliphatic carbocycles. The van der Waals surface area contributed by atoms with Crippen LogP contribution in [0.3, 0.4) is 0 Å². The lowest BCUT2D eigenvalue weighted by molar-refractivity contribution is -0.112. The Balaban J connectivity index is 1.67. The molecule has 0 atom stereocenters. The zero-order valence-corrected chi connectivity index (χ0v) is 17.7. The van der Waals surface area contributed by atoms with E-state index < -0.39 is 5.91 Å². The van der Waals surface area contributed by atoms with Gasteiger partial charge in [0.2, 0.25) is 0 Å². The van der Waals surface area contributed by atoms with E-state index in [2.05, 4.69) is 5.32 Å². The lowest BCUT2D eigenvalue weighted by atomic mass is 10.1. The first kappa shape index (κ1) is 21.9. The van der Waals surface area contributed by atoms with Gasteiger partial charge in [-0.3, -0.25) is 4.79 Å². The lowest BCUT2D eigenvalue weighted by Crippen LogP contribution is -2.13. The van der Waals surface area contributed by atoms with Crippen LogP contribution >= 0.6 is 11.6 Å². The fraction of sp³-hybridized carbons (Fsp3) is 0.120. The van der Waals surface area contributed by atoms with Gasteiger partial charge in [-0.2, -0.15) is 5.26 Å². The molecule has 0 aliphatic heterocycles. The predicted molar refractivity (Wildman–Crippen MR) is 122 cm³/mol. The van der Waals surface area contributed by atoms with Gasteiger partial charge < -0.3 is 14.8 Å². The van der Waals surface area contributed by atoms with Crippen molar-refractivity contribution < 1.29 is 14.3 Å². The average molecular weight is 433 g/mol. The van der Waals surface area contributed by atoms with Crippen LogP contribution in [0.15, 0.2) is 78.4 Å². The van der Waals surface area contributed by atoms with Gasteiger partial charge in [0.25, 0.3) is 5.91 Å². The third-order valence-corrected chi connectivity index (χ3v) is 4.49. The van der Waals surface area contributed by atoms with Gasteiger partial charge in [0.15, 0.2) is 0 Å². The van der Waals surface area contributed by atoms with Crippen molar-refractivity contribution in [2.24, 2.45) is 0 Å². The van der Waals surface area contributed by atoms with E-state index in [1.54, 1.807) is 48.5 Å². The number of amides is 1. The van der Waals surface area contributed by atoms with Crippen molar-refractivity contribution in [1.82, 2.24) is 0 Å². The number of hydrogen-bond donors (Lipinski definition) is 1. The first-order valence-electron chi connectivity index (χ1n) is 9.70. The van der Waals surface area contributed by atoms with Gasteiger partial charge in [-0.15, -0.1) is 0 Å². The van der Waals surface area contributed by atoms with E-state index in [9.17, 15) is 10.1 Å². The fourth-order valence-electron chi connectivity index (χ4n) is 2.80. The van der Waals surface area contributed by atoms with Gasteiger partial charge in [0.05, 0.1) is 6.61 Å². The Morgan fingerprint density at radius 3 is 2.52 bits per heavy atom. The zero-order valence-electron chi connectivity index (χ0n) is 17.0. The Hall–Kier alpha value is -3.75. The maximum absolute atomic E-state index is 12.5. The highest BCUT2D eigenvalue weighted by atomic mass is 35.5. The van der Waals surface area contributed by atoms with Crippen molar-refractivity contribution >= 4 is 29.3 Å². The average Bonchev–Trinajstić information content (AvgIpc) is 2.78. The van der Waals surface area contributed by atoms with Crippen LogP contribution < -0.4 is 14.8 Å². The van der Waals surface area contributed by atoms with Crippen LogP contribution in [0.4, 0.5) is 5.69 Å². The highest BCUT2D eigenvalue weighted by Crippen LogP contribution is 2.20. The van der Waals surface area contributed by atoms with Crippen molar-refractivity contribution in [1.29, 1.82) is 5.26 Å². The van der Waals surface area contributed by atoms with Crippen LogP contribution in [-0.4, -0.2) is 12.5 Å². The molecular weight excluding hydrogens is 412 g/mol. The Kier molecular flexibility index (Phi) is 7.69. The highest BCUT2D eigenvalue weighted by molar-refractivity contribution is 6.30. The van der Waals surface area contributed by atoms with Crippen molar-refractivity contribution in [2.75, 3.05) is 11.9 Å². The minimum absolute atomic E-state index is 0.0131. The maximum Gasteiger partial charge on any atom is 0.266 e. The number of ether oxygens (including phenoxy) is 2. The molecule has 5 nitrogen and oxygen atoms in total. The molecule has 1 N–H and O–H groups in total. The fourth-order valence-corrected chi connectivity index (χ4v) is 3.02. The second-order valence-electron chi connectivity index (χ2n) is 6.57. The van der Waals surface area contributed by atoms with Crippen LogP contribution in [-0.2, 0) is 11.4 Å². The molecule has 0 bridgehead atoms. The SMILES string of the molecule is CCOc1ccc(NC(=O)/C(C#N)=C\c2cccc(OCc3cccc(Cl)c3)c2)cc1. The summed E-state index contributed by atoms with van der Waals surface area (Å²) in [4.78, 5) is 12.5. The zero-order chi connectivity index (χ0) is 22.1. The summed E-state index contributed by atoms with van der Waals surface area (Å²) in [6.45, 7) is 2.82. The molecule has 156 valence electrons. The van der Waals surface area contributed by atoms with Gasteiger partial charge in [-0.25, -0.2) is 0 Å². The van der Waals surface area contributed by atoms with Crippen molar-refractivity contribution in [2.45, 2.75) is 13.5 Å². The second kappa shape index (κ2) is 10.9. The van der Waals surface area contributed by atoms with E-state index >= 15 is 0 Å². The molecule has 0 spiro atoms.